The van der Waals surface area contributed by atoms with E-state index < -0.39 is 0 Å². The molecule has 1 nitrogen and oxygen atoms in total. The third kappa shape index (κ3) is 1.90. The maximum atomic E-state index is 2.48. The highest BCUT2D eigenvalue weighted by atomic mass is 15.1. The van der Waals surface area contributed by atoms with Crippen molar-refractivity contribution in [1.29, 1.82) is 0 Å². The Balaban J connectivity index is 1.76. The molecule has 0 bridgehead atoms. The highest BCUT2D eigenvalue weighted by Crippen LogP contribution is 2.53. The third-order valence-electron chi connectivity index (χ3n) is 4.19. The summed E-state index contributed by atoms with van der Waals surface area (Å²) in [5.74, 6) is 1.09. The number of rotatable bonds is 2. The van der Waals surface area contributed by atoms with Crippen LogP contribution in [0.25, 0.3) is 0 Å². The molecule has 0 aromatic heterocycles. The minimum Gasteiger partial charge on any atom is -0.306 e. The molecule has 13 heavy (non-hydrogen) atoms. The van der Waals surface area contributed by atoms with Crippen LogP contribution in [0, 0.1) is 11.3 Å². The van der Waals surface area contributed by atoms with Gasteiger partial charge in [0.1, 0.15) is 0 Å². The van der Waals surface area contributed by atoms with Crippen LogP contribution in [0.4, 0.5) is 0 Å². The van der Waals surface area contributed by atoms with Crippen LogP contribution in [0.15, 0.2) is 0 Å². The summed E-state index contributed by atoms with van der Waals surface area (Å²) in [7, 11) is 2.26. The topological polar surface area (TPSA) is 3.24 Å². The van der Waals surface area contributed by atoms with Crippen molar-refractivity contribution in [1.82, 2.24) is 4.90 Å². The number of hydrogen-bond donors (Lipinski definition) is 0. The zero-order valence-electron chi connectivity index (χ0n) is 9.18. The highest BCUT2D eigenvalue weighted by Gasteiger charge is 2.44. The van der Waals surface area contributed by atoms with E-state index in [2.05, 4.69) is 18.9 Å². The van der Waals surface area contributed by atoms with Gasteiger partial charge in [-0.1, -0.05) is 19.8 Å². The van der Waals surface area contributed by atoms with E-state index >= 15 is 0 Å². The number of likely N-dealkylation sites (tertiary alicyclic amines) is 1. The molecule has 2 fully saturated rings. The average molecular weight is 181 g/mol. The molecule has 0 N–H and O–H groups in total. The molecule has 2 rings (SSSR count). The van der Waals surface area contributed by atoms with Gasteiger partial charge in [0.15, 0.2) is 0 Å². The van der Waals surface area contributed by atoms with E-state index in [0.717, 1.165) is 11.3 Å². The lowest BCUT2D eigenvalue weighted by Gasteiger charge is -2.52. The minimum absolute atomic E-state index is 0.812. The Morgan fingerprint density at radius 3 is 2.38 bits per heavy atom. The second-order valence-corrected chi connectivity index (χ2v) is 5.37. The summed E-state index contributed by atoms with van der Waals surface area (Å²) in [5.41, 5.74) is 0.812. The second kappa shape index (κ2) is 3.61. The van der Waals surface area contributed by atoms with Crippen molar-refractivity contribution in [2.45, 2.75) is 45.4 Å². The highest BCUT2D eigenvalue weighted by molar-refractivity contribution is 4.96. The summed E-state index contributed by atoms with van der Waals surface area (Å²) in [4.78, 5) is 2.48. The Morgan fingerprint density at radius 2 is 1.85 bits per heavy atom. The second-order valence-electron chi connectivity index (χ2n) is 5.37. The first-order valence-electron chi connectivity index (χ1n) is 5.93. The van der Waals surface area contributed by atoms with Crippen molar-refractivity contribution in [2.24, 2.45) is 11.3 Å². The van der Waals surface area contributed by atoms with Gasteiger partial charge in [0, 0.05) is 0 Å². The zero-order valence-corrected chi connectivity index (χ0v) is 9.18. The smallest absolute Gasteiger partial charge is 0.00165 e. The fourth-order valence-electron chi connectivity index (χ4n) is 3.28. The molecular weight excluding hydrogens is 158 g/mol. The maximum Gasteiger partial charge on any atom is -0.00165 e. The number of hydrogen-bond acceptors (Lipinski definition) is 1. The van der Waals surface area contributed by atoms with Gasteiger partial charge >= 0.3 is 0 Å². The summed E-state index contributed by atoms with van der Waals surface area (Å²) in [6, 6.07) is 0. The van der Waals surface area contributed by atoms with E-state index in [-0.39, 0.29) is 0 Å². The van der Waals surface area contributed by atoms with E-state index in [1.165, 1.54) is 38.8 Å². The van der Waals surface area contributed by atoms with Crippen molar-refractivity contribution >= 4 is 0 Å². The van der Waals surface area contributed by atoms with Gasteiger partial charge < -0.3 is 4.90 Å². The van der Waals surface area contributed by atoms with Crippen molar-refractivity contribution in [3.05, 3.63) is 0 Å². The molecule has 1 heteroatoms. The molecule has 0 aromatic rings. The van der Waals surface area contributed by atoms with Gasteiger partial charge in [0.05, 0.1) is 0 Å². The predicted octanol–water partition coefficient (Wildman–Crippen LogP) is 2.91. The van der Waals surface area contributed by atoms with Crippen LogP contribution < -0.4 is 0 Å². The van der Waals surface area contributed by atoms with Crippen molar-refractivity contribution in [2.75, 3.05) is 20.1 Å². The standard InChI is InChI=1S/C12H23N/c1-3-4-11-9-12(10-11)5-7-13(2)8-6-12/h11H,3-10H2,1-2H3. The fraction of sp³-hybridized carbons (Fsp3) is 1.00. The maximum absolute atomic E-state index is 2.48. The first-order valence-corrected chi connectivity index (χ1v) is 5.93. The van der Waals surface area contributed by atoms with E-state index in [1.54, 1.807) is 12.8 Å². The first kappa shape index (κ1) is 9.51. The zero-order chi connectivity index (χ0) is 9.31. The van der Waals surface area contributed by atoms with Crippen molar-refractivity contribution < 1.29 is 0 Å². The third-order valence-corrected chi connectivity index (χ3v) is 4.19. The Bertz CT molecular complexity index is 160. The van der Waals surface area contributed by atoms with Crippen molar-refractivity contribution in [3.63, 3.8) is 0 Å². The van der Waals surface area contributed by atoms with Crippen LogP contribution in [-0.2, 0) is 0 Å². The van der Waals surface area contributed by atoms with Gasteiger partial charge in [0.2, 0.25) is 0 Å². The Labute approximate surface area is 82.5 Å². The van der Waals surface area contributed by atoms with Gasteiger partial charge in [-0.15, -0.1) is 0 Å². The van der Waals surface area contributed by atoms with Gasteiger partial charge in [0.25, 0.3) is 0 Å². The molecule has 0 radical (unpaired) electrons. The summed E-state index contributed by atoms with van der Waals surface area (Å²) in [5, 5.41) is 0. The number of piperidine rings is 1. The van der Waals surface area contributed by atoms with Gasteiger partial charge in [-0.2, -0.15) is 0 Å². The molecule has 2 aliphatic rings. The average Bonchev–Trinajstić information content (AvgIpc) is 2.07. The number of nitrogens with zero attached hydrogens (tertiary/aromatic N) is 1. The normalized spacial score (nSPS) is 29.1. The molecule has 0 atom stereocenters. The SMILES string of the molecule is CCCC1CC2(CCN(C)CC2)C1. The van der Waals surface area contributed by atoms with Crippen LogP contribution in [0.5, 0.6) is 0 Å². The largest absolute Gasteiger partial charge is 0.306 e. The summed E-state index contributed by atoms with van der Waals surface area (Å²) in [6.45, 7) is 5.01. The lowest BCUT2D eigenvalue weighted by molar-refractivity contribution is -0.0102. The Morgan fingerprint density at radius 1 is 1.23 bits per heavy atom. The Kier molecular flexibility index (Phi) is 2.64. The molecule has 1 spiro atoms. The molecule has 0 unspecified atom stereocenters. The van der Waals surface area contributed by atoms with E-state index in [0.29, 0.717) is 0 Å². The minimum atomic E-state index is 0.812. The van der Waals surface area contributed by atoms with E-state index in [9.17, 15) is 0 Å². The predicted molar refractivity (Wildman–Crippen MR) is 56.8 cm³/mol. The molecule has 1 aliphatic carbocycles. The summed E-state index contributed by atoms with van der Waals surface area (Å²) in [6.07, 6.45) is 8.93. The molecule has 1 saturated heterocycles. The van der Waals surface area contributed by atoms with Crippen LogP contribution in [0.2, 0.25) is 0 Å². The van der Waals surface area contributed by atoms with E-state index in [1.807, 2.05) is 0 Å². The lowest BCUT2D eigenvalue weighted by atomic mass is 9.57. The monoisotopic (exact) mass is 181 g/mol. The van der Waals surface area contributed by atoms with Crippen LogP contribution in [-0.4, -0.2) is 25.0 Å². The molecule has 1 aliphatic heterocycles. The van der Waals surface area contributed by atoms with Gasteiger partial charge in [-0.25, -0.2) is 0 Å². The molecule has 0 amide bonds. The van der Waals surface area contributed by atoms with Crippen LogP contribution in [0.1, 0.15) is 45.4 Å². The lowest BCUT2D eigenvalue weighted by Crippen LogP contribution is -2.45. The van der Waals surface area contributed by atoms with Gasteiger partial charge in [-0.05, 0) is 57.2 Å². The quantitative estimate of drug-likeness (QED) is 0.633. The molecule has 1 heterocycles. The Hall–Kier alpha value is -0.0400. The van der Waals surface area contributed by atoms with Crippen molar-refractivity contribution in [3.8, 4) is 0 Å². The molecular formula is C12H23N. The summed E-state index contributed by atoms with van der Waals surface area (Å²) < 4.78 is 0. The fourth-order valence-corrected chi connectivity index (χ4v) is 3.28. The molecule has 76 valence electrons. The molecule has 1 saturated carbocycles. The summed E-state index contributed by atoms with van der Waals surface area (Å²) >= 11 is 0. The van der Waals surface area contributed by atoms with Crippen LogP contribution >= 0.6 is 0 Å². The van der Waals surface area contributed by atoms with Crippen LogP contribution in [0.3, 0.4) is 0 Å². The molecule has 0 aromatic carbocycles. The van der Waals surface area contributed by atoms with Gasteiger partial charge in [-0.3, -0.25) is 0 Å². The van der Waals surface area contributed by atoms with E-state index in [4.69, 9.17) is 0 Å². The first-order chi connectivity index (χ1) is 6.24.